The molecule has 5 heteroatoms. The first kappa shape index (κ1) is 15.4. The largest absolute Gasteiger partial charge is 0.345 e. The quantitative estimate of drug-likeness (QED) is 0.923. The van der Waals surface area contributed by atoms with Gasteiger partial charge in [0, 0.05) is 40.8 Å². The lowest BCUT2D eigenvalue weighted by Gasteiger charge is -2.14. The predicted molar refractivity (Wildman–Crippen MR) is 84.3 cm³/mol. The zero-order valence-electron chi connectivity index (χ0n) is 12.1. The smallest absolute Gasteiger partial charge is 0.251 e. The second-order valence-electron chi connectivity index (χ2n) is 4.90. The standard InChI is InChI=1S/C16H18N2O2S/c1-12(15-7-4-8-17-10-15)18-16(19)14-6-3-5-13(9-14)11-21(2)20/h3-10,12H,11H2,1-2H3,(H,18,19). The number of benzene rings is 1. The third-order valence-corrected chi connectivity index (χ3v) is 3.83. The van der Waals surface area contributed by atoms with Crippen molar-refractivity contribution in [2.75, 3.05) is 6.26 Å². The Balaban J connectivity index is 2.08. The molecule has 1 amide bonds. The first-order valence-corrected chi connectivity index (χ1v) is 8.38. The Labute approximate surface area is 127 Å². The fourth-order valence-corrected chi connectivity index (χ4v) is 2.68. The molecule has 2 rings (SSSR count). The summed E-state index contributed by atoms with van der Waals surface area (Å²) >= 11 is 0. The average Bonchev–Trinajstić information content (AvgIpc) is 2.47. The highest BCUT2D eigenvalue weighted by Crippen LogP contribution is 2.12. The first-order valence-electron chi connectivity index (χ1n) is 6.66. The SMILES string of the molecule is CC(NC(=O)c1cccc(CS(C)=O)c1)c1cccnc1. The molecule has 0 saturated carbocycles. The van der Waals surface area contributed by atoms with Gasteiger partial charge in [0.1, 0.15) is 0 Å². The molecule has 1 heterocycles. The van der Waals surface area contributed by atoms with Crippen molar-refractivity contribution in [3.05, 3.63) is 65.5 Å². The van der Waals surface area contributed by atoms with Gasteiger partial charge < -0.3 is 5.32 Å². The fourth-order valence-electron chi connectivity index (χ4n) is 2.03. The third kappa shape index (κ3) is 4.49. The summed E-state index contributed by atoms with van der Waals surface area (Å²) in [7, 11) is -0.918. The number of aromatic nitrogens is 1. The Morgan fingerprint density at radius 1 is 1.33 bits per heavy atom. The molecular weight excluding hydrogens is 284 g/mol. The number of hydrogen-bond donors (Lipinski definition) is 1. The van der Waals surface area contributed by atoms with Crippen LogP contribution in [0.15, 0.2) is 48.8 Å². The van der Waals surface area contributed by atoms with Gasteiger partial charge >= 0.3 is 0 Å². The number of pyridine rings is 1. The van der Waals surface area contributed by atoms with Gasteiger partial charge in [-0.15, -0.1) is 0 Å². The molecule has 1 N–H and O–H groups in total. The van der Waals surface area contributed by atoms with Gasteiger partial charge in [0.15, 0.2) is 0 Å². The topological polar surface area (TPSA) is 59.1 Å². The molecule has 4 nitrogen and oxygen atoms in total. The number of amides is 1. The molecule has 0 radical (unpaired) electrons. The molecule has 1 aromatic heterocycles. The fraction of sp³-hybridized carbons (Fsp3) is 0.250. The molecule has 0 aliphatic rings. The third-order valence-electron chi connectivity index (χ3n) is 3.09. The number of carbonyl (C=O) groups is 1. The monoisotopic (exact) mass is 302 g/mol. The Morgan fingerprint density at radius 2 is 2.14 bits per heavy atom. The number of nitrogens with zero attached hydrogens (tertiary/aromatic N) is 1. The van der Waals surface area contributed by atoms with Crippen LogP contribution in [0.25, 0.3) is 0 Å². The van der Waals surface area contributed by atoms with Crippen molar-refractivity contribution in [3.8, 4) is 0 Å². The van der Waals surface area contributed by atoms with Gasteiger partial charge in [-0.25, -0.2) is 0 Å². The van der Waals surface area contributed by atoms with Gasteiger partial charge in [-0.2, -0.15) is 0 Å². The maximum atomic E-state index is 12.3. The summed E-state index contributed by atoms with van der Waals surface area (Å²) in [6, 6.07) is 10.9. The van der Waals surface area contributed by atoms with E-state index in [0.29, 0.717) is 11.3 Å². The Kier molecular flexibility index (Phi) is 5.22. The molecule has 0 spiro atoms. The molecule has 2 atom stereocenters. The van der Waals surface area contributed by atoms with Crippen molar-refractivity contribution in [1.82, 2.24) is 10.3 Å². The number of rotatable bonds is 5. The highest BCUT2D eigenvalue weighted by atomic mass is 32.2. The minimum absolute atomic E-state index is 0.116. The zero-order chi connectivity index (χ0) is 15.2. The van der Waals surface area contributed by atoms with Gasteiger partial charge in [0.2, 0.25) is 0 Å². The molecule has 0 aliphatic carbocycles. The average molecular weight is 302 g/mol. The molecule has 2 aromatic rings. The highest BCUT2D eigenvalue weighted by Gasteiger charge is 2.12. The molecule has 0 aliphatic heterocycles. The van der Waals surface area contributed by atoms with Crippen molar-refractivity contribution < 1.29 is 9.00 Å². The van der Waals surface area contributed by atoms with Crippen LogP contribution in [-0.2, 0) is 16.6 Å². The Hall–Kier alpha value is -2.01. The van der Waals surface area contributed by atoms with Crippen molar-refractivity contribution in [3.63, 3.8) is 0 Å². The van der Waals surface area contributed by atoms with E-state index >= 15 is 0 Å². The van der Waals surface area contributed by atoms with Crippen LogP contribution in [0.3, 0.4) is 0 Å². The summed E-state index contributed by atoms with van der Waals surface area (Å²) < 4.78 is 11.3. The molecule has 0 bridgehead atoms. The first-order chi connectivity index (χ1) is 10.1. The number of carbonyl (C=O) groups excluding carboxylic acids is 1. The summed E-state index contributed by atoms with van der Waals surface area (Å²) in [5.41, 5.74) is 2.43. The van der Waals surface area contributed by atoms with E-state index in [1.54, 1.807) is 30.8 Å². The van der Waals surface area contributed by atoms with Crippen molar-refractivity contribution in [1.29, 1.82) is 0 Å². The van der Waals surface area contributed by atoms with E-state index in [1.807, 2.05) is 31.2 Å². The lowest BCUT2D eigenvalue weighted by atomic mass is 10.1. The van der Waals surface area contributed by atoms with E-state index in [1.165, 1.54) is 0 Å². The Bertz CT molecular complexity index is 644. The molecule has 0 saturated heterocycles. The molecule has 0 fully saturated rings. The molecule has 2 unspecified atom stereocenters. The van der Waals surface area contributed by atoms with Crippen LogP contribution < -0.4 is 5.32 Å². The van der Waals surface area contributed by atoms with Gasteiger partial charge in [0.05, 0.1) is 6.04 Å². The number of hydrogen-bond acceptors (Lipinski definition) is 3. The summed E-state index contributed by atoms with van der Waals surface area (Å²) in [6.07, 6.45) is 5.09. The van der Waals surface area contributed by atoms with Crippen molar-refractivity contribution >= 4 is 16.7 Å². The van der Waals surface area contributed by atoms with E-state index in [-0.39, 0.29) is 11.9 Å². The number of nitrogens with one attached hydrogen (secondary N) is 1. The zero-order valence-corrected chi connectivity index (χ0v) is 12.9. The maximum Gasteiger partial charge on any atom is 0.251 e. The highest BCUT2D eigenvalue weighted by molar-refractivity contribution is 7.83. The molecular formula is C16H18N2O2S. The lowest BCUT2D eigenvalue weighted by Crippen LogP contribution is -2.26. The minimum atomic E-state index is -0.918. The van der Waals surface area contributed by atoms with Crippen LogP contribution in [0, 0.1) is 0 Å². The van der Waals surface area contributed by atoms with Crippen LogP contribution >= 0.6 is 0 Å². The van der Waals surface area contributed by atoms with Gasteiger partial charge in [-0.05, 0) is 36.2 Å². The van der Waals surface area contributed by atoms with E-state index in [0.717, 1.165) is 11.1 Å². The van der Waals surface area contributed by atoms with Crippen molar-refractivity contribution in [2.45, 2.75) is 18.7 Å². The molecule has 21 heavy (non-hydrogen) atoms. The summed E-state index contributed by atoms with van der Waals surface area (Å²) in [5, 5.41) is 2.94. The van der Waals surface area contributed by atoms with Gasteiger partial charge in [-0.1, -0.05) is 18.2 Å². The molecule has 110 valence electrons. The van der Waals surface area contributed by atoms with E-state index < -0.39 is 10.8 Å². The van der Waals surface area contributed by atoms with Crippen LogP contribution in [-0.4, -0.2) is 21.4 Å². The normalized spacial score (nSPS) is 13.4. The molecule has 1 aromatic carbocycles. The van der Waals surface area contributed by atoms with Gasteiger partial charge in [-0.3, -0.25) is 14.0 Å². The summed E-state index contributed by atoms with van der Waals surface area (Å²) in [6.45, 7) is 1.92. The second-order valence-corrected chi connectivity index (χ2v) is 6.33. The summed E-state index contributed by atoms with van der Waals surface area (Å²) in [4.78, 5) is 16.3. The van der Waals surface area contributed by atoms with E-state index in [9.17, 15) is 9.00 Å². The van der Waals surface area contributed by atoms with Crippen LogP contribution in [0.4, 0.5) is 0 Å². The Morgan fingerprint density at radius 3 is 2.81 bits per heavy atom. The van der Waals surface area contributed by atoms with E-state index in [2.05, 4.69) is 10.3 Å². The van der Waals surface area contributed by atoms with Crippen LogP contribution in [0.2, 0.25) is 0 Å². The van der Waals surface area contributed by atoms with Crippen LogP contribution in [0.5, 0.6) is 0 Å². The second kappa shape index (κ2) is 7.13. The minimum Gasteiger partial charge on any atom is -0.345 e. The van der Waals surface area contributed by atoms with Gasteiger partial charge in [0.25, 0.3) is 5.91 Å². The lowest BCUT2D eigenvalue weighted by molar-refractivity contribution is 0.0939. The van der Waals surface area contributed by atoms with E-state index in [4.69, 9.17) is 0 Å². The summed E-state index contributed by atoms with van der Waals surface area (Å²) in [5.74, 6) is 0.314. The van der Waals surface area contributed by atoms with Crippen molar-refractivity contribution in [2.24, 2.45) is 0 Å². The predicted octanol–water partition coefficient (Wildman–Crippen LogP) is 2.45. The maximum absolute atomic E-state index is 12.3. The van der Waals surface area contributed by atoms with Crippen LogP contribution in [0.1, 0.15) is 34.5 Å².